The molecule has 2 aliphatic heterocycles. The van der Waals surface area contributed by atoms with E-state index in [2.05, 4.69) is 5.32 Å². The molecule has 25 heavy (non-hydrogen) atoms. The summed E-state index contributed by atoms with van der Waals surface area (Å²) in [5.74, 6) is -0.991. The first-order chi connectivity index (χ1) is 11.7. The quantitative estimate of drug-likeness (QED) is 0.708. The molecule has 0 aromatic carbocycles. The Morgan fingerprint density at radius 2 is 1.48 bits per heavy atom. The van der Waals surface area contributed by atoms with E-state index < -0.39 is 26.7 Å². The number of sulfone groups is 1. The fourth-order valence-corrected chi connectivity index (χ4v) is 5.18. The van der Waals surface area contributed by atoms with Gasteiger partial charge < -0.3 is 15.1 Å². The van der Waals surface area contributed by atoms with Crippen LogP contribution in [0.3, 0.4) is 0 Å². The first-order valence-electron chi connectivity index (χ1n) is 8.71. The van der Waals surface area contributed by atoms with Crippen LogP contribution in [0.4, 0.5) is 0 Å². The summed E-state index contributed by atoms with van der Waals surface area (Å²) in [7, 11) is -2.07. The number of hydrogen-bond acceptors (Lipinski definition) is 5. The lowest BCUT2D eigenvalue weighted by Gasteiger charge is -2.37. The van der Waals surface area contributed by atoms with Crippen LogP contribution < -0.4 is 5.32 Å². The monoisotopic (exact) mass is 373 g/mol. The maximum absolute atomic E-state index is 12.6. The van der Waals surface area contributed by atoms with Crippen molar-refractivity contribution < 1.29 is 22.8 Å². The van der Waals surface area contributed by atoms with Crippen LogP contribution in [0, 0.1) is 5.92 Å². The minimum Gasteiger partial charge on any atom is -0.358 e. The number of rotatable bonds is 4. The van der Waals surface area contributed by atoms with Crippen LogP contribution in [0.5, 0.6) is 0 Å². The Morgan fingerprint density at radius 3 is 1.96 bits per heavy atom. The third-order valence-electron chi connectivity index (χ3n) is 5.16. The lowest BCUT2D eigenvalue weighted by Crippen LogP contribution is -2.48. The summed E-state index contributed by atoms with van der Waals surface area (Å²) < 4.78 is 24.5. The van der Waals surface area contributed by atoms with E-state index in [1.807, 2.05) is 0 Å². The molecule has 2 saturated heterocycles. The summed E-state index contributed by atoms with van der Waals surface area (Å²) in [5, 5.41) is 1.77. The van der Waals surface area contributed by atoms with Gasteiger partial charge in [0.05, 0.1) is 5.25 Å². The van der Waals surface area contributed by atoms with Crippen LogP contribution in [0.25, 0.3) is 0 Å². The van der Waals surface area contributed by atoms with Gasteiger partial charge in [0, 0.05) is 46.1 Å². The van der Waals surface area contributed by atoms with E-state index in [9.17, 15) is 22.8 Å². The Balaban J connectivity index is 1.85. The molecule has 0 radical (unpaired) electrons. The fourth-order valence-electron chi connectivity index (χ4n) is 3.51. The van der Waals surface area contributed by atoms with Gasteiger partial charge in [0.1, 0.15) is 5.75 Å². The normalized spacial score (nSPS) is 20.4. The summed E-state index contributed by atoms with van der Waals surface area (Å²) in [6, 6.07) is 0. The van der Waals surface area contributed by atoms with Crippen LogP contribution in [0.15, 0.2) is 0 Å². The Bertz CT molecular complexity index is 618. The van der Waals surface area contributed by atoms with Crippen LogP contribution in [-0.2, 0) is 24.2 Å². The minimum atomic E-state index is -3.48. The molecule has 0 atom stereocenters. The molecule has 0 aliphatic carbocycles. The predicted molar refractivity (Wildman–Crippen MR) is 92.4 cm³/mol. The Morgan fingerprint density at radius 1 is 0.960 bits per heavy atom. The first kappa shape index (κ1) is 19.7. The van der Waals surface area contributed by atoms with E-state index in [-0.39, 0.29) is 17.7 Å². The van der Waals surface area contributed by atoms with Crippen molar-refractivity contribution >= 4 is 27.6 Å². The summed E-state index contributed by atoms with van der Waals surface area (Å²) in [5.41, 5.74) is 0. The largest absolute Gasteiger partial charge is 0.358 e. The zero-order chi connectivity index (χ0) is 18.6. The highest BCUT2D eigenvalue weighted by Crippen LogP contribution is 2.24. The molecule has 1 N–H and O–H groups in total. The summed E-state index contributed by atoms with van der Waals surface area (Å²) in [4.78, 5) is 38.8. The molecular weight excluding hydrogens is 346 g/mol. The van der Waals surface area contributed by atoms with Crippen molar-refractivity contribution in [1.29, 1.82) is 0 Å². The van der Waals surface area contributed by atoms with Crippen molar-refractivity contribution in [1.82, 2.24) is 15.1 Å². The SMILES string of the molecule is CNC(=O)CS(=O)(=O)C1CCN(C(=O)C2CCN(C(C)=O)CC2)CC1. The molecular formula is C16H27N3O5S. The highest BCUT2D eigenvalue weighted by atomic mass is 32.2. The van der Waals surface area contributed by atoms with Gasteiger partial charge in [0.15, 0.2) is 9.84 Å². The third kappa shape index (κ3) is 4.93. The number of hydrogen-bond donors (Lipinski definition) is 1. The molecule has 142 valence electrons. The molecule has 0 bridgehead atoms. The highest BCUT2D eigenvalue weighted by Gasteiger charge is 2.35. The van der Waals surface area contributed by atoms with Crippen molar-refractivity contribution in [3.05, 3.63) is 0 Å². The average Bonchev–Trinajstić information content (AvgIpc) is 2.60. The van der Waals surface area contributed by atoms with Gasteiger partial charge in [-0.05, 0) is 25.7 Å². The smallest absolute Gasteiger partial charge is 0.234 e. The number of nitrogens with one attached hydrogen (secondary N) is 1. The van der Waals surface area contributed by atoms with Gasteiger partial charge >= 0.3 is 0 Å². The highest BCUT2D eigenvalue weighted by molar-refractivity contribution is 7.92. The third-order valence-corrected chi connectivity index (χ3v) is 7.31. The number of carbonyl (C=O) groups is 3. The number of likely N-dealkylation sites (tertiary alicyclic amines) is 2. The van der Waals surface area contributed by atoms with Crippen LogP contribution in [-0.4, -0.2) is 80.2 Å². The molecule has 9 heteroatoms. The topological polar surface area (TPSA) is 104 Å². The minimum absolute atomic E-state index is 0.0352. The van der Waals surface area contributed by atoms with Gasteiger partial charge in [-0.25, -0.2) is 8.42 Å². The van der Waals surface area contributed by atoms with Gasteiger partial charge in [-0.3, -0.25) is 14.4 Å². The van der Waals surface area contributed by atoms with Crippen molar-refractivity contribution in [2.24, 2.45) is 5.92 Å². The lowest BCUT2D eigenvalue weighted by atomic mass is 9.94. The molecule has 0 saturated carbocycles. The second kappa shape index (κ2) is 8.16. The van der Waals surface area contributed by atoms with Crippen LogP contribution in [0.1, 0.15) is 32.6 Å². The van der Waals surface area contributed by atoms with Gasteiger partial charge in [-0.1, -0.05) is 0 Å². The number of nitrogens with zero attached hydrogens (tertiary/aromatic N) is 2. The zero-order valence-corrected chi connectivity index (χ0v) is 15.7. The molecule has 2 rings (SSSR count). The van der Waals surface area contributed by atoms with Crippen molar-refractivity contribution in [3.8, 4) is 0 Å². The van der Waals surface area contributed by atoms with Crippen molar-refractivity contribution in [2.45, 2.75) is 37.9 Å². The molecule has 0 spiro atoms. The second-order valence-electron chi connectivity index (χ2n) is 6.79. The van der Waals surface area contributed by atoms with Crippen molar-refractivity contribution in [2.75, 3.05) is 39.0 Å². The number of amides is 3. The molecule has 8 nitrogen and oxygen atoms in total. The molecule has 2 aliphatic rings. The van der Waals surface area contributed by atoms with Gasteiger partial charge in [0.25, 0.3) is 0 Å². The number of carbonyl (C=O) groups excluding carboxylic acids is 3. The lowest BCUT2D eigenvalue weighted by molar-refractivity contribution is -0.140. The van der Waals surface area contributed by atoms with E-state index >= 15 is 0 Å². The number of piperidine rings is 2. The Labute approximate surface area is 148 Å². The Kier molecular flexibility index (Phi) is 6.42. The molecule has 0 aromatic heterocycles. The van der Waals surface area contributed by atoms with E-state index in [0.717, 1.165) is 0 Å². The second-order valence-corrected chi connectivity index (χ2v) is 9.07. The average molecular weight is 373 g/mol. The summed E-state index contributed by atoms with van der Waals surface area (Å²) in [6.45, 7) is 3.55. The van der Waals surface area contributed by atoms with Crippen molar-refractivity contribution in [3.63, 3.8) is 0 Å². The van der Waals surface area contributed by atoms with Crippen LogP contribution >= 0.6 is 0 Å². The standard InChI is InChI=1S/C16H27N3O5S/c1-12(20)18-7-3-13(4-8-18)16(22)19-9-5-14(6-10-19)25(23,24)11-15(21)17-2/h13-14H,3-11H2,1-2H3,(H,17,21). The molecule has 0 aromatic rings. The van der Waals surface area contributed by atoms with Crippen LogP contribution in [0.2, 0.25) is 0 Å². The van der Waals surface area contributed by atoms with Gasteiger partial charge in [0.2, 0.25) is 17.7 Å². The van der Waals surface area contributed by atoms with Gasteiger partial charge in [-0.15, -0.1) is 0 Å². The van der Waals surface area contributed by atoms with E-state index in [0.29, 0.717) is 51.9 Å². The maximum Gasteiger partial charge on any atom is 0.234 e. The van der Waals surface area contributed by atoms with E-state index in [4.69, 9.17) is 0 Å². The van der Waals surface area contributed by atoms with E-state index in [1.54, 1.807) is 9.80 Å². The van der Waals surface area contributed by atoms with E-state index in [1.165, 1.54) is 14.0 Å². The molecule has 3 amide bonds. The molecule has 0 unspecified atom stereocenters. The maximum atomic E-state index is 12.6. The molecule has 2 fully saturated rings. The zero-order valence-electron chi connectivity index (χ0n) is 14.9. The summed E-state index contributed by atoms with van der Waals surface area (Å²) in [6.07, 6.45) is 2.06. The predicted octanol–water partition coefficient (Wildman–Crippen LogP) is -0.603. The fraction of sp³-hybridized carbons (Fsp3) is 0.812. The first-order valence-corrected chi connectivity index (χ1v) is 10.4. The molecule has 2 heterocycles. The Hall–Kier alpha value is -1.64. The van der Waals surface area contributed by atoms with Gasteiger partial charge in [-0.2, -0.15) is 0 Å². The summed E-state index contributed by atoms with van der Waals surface area (Å²) >= 11 is 0.